The summed E-state index contributed by atoms with van der Waals surface area (Å²) >= 11 is 1.62. The van der Waals surface area contributed by atoms with Crippen molar-refractivity contribution in [1.29, 1.82) is 0 Å². The number of aromatic nitrogens is 1. The van der Waals surface area contributed by atoms with E-state index in [9.17, 15) is 9.00 Å². The highest BCUT2D eigenvalue weighted by Crippen LogP contribution is 2.34. The van der Waals surface area contributed by atoms with Gasteiger partial charge in [0.05, 0.1) is 32.1 Å². The lowest BCUT2D eigenvalue weighted by Gasteiger charge is -2.23. The Hall–Kier alpha value is -2.51. The van der Waals surface area contributed by atoms with Crippen LogP contribution in [0.3, 0.4) is 0 Å². The van der Waals surface area contributed by atoms with Crippen molar-refractivity contribution >= 4 is 33.7 Å². The second-order valence-corrected chi connectivity index (χ2v) is 9.42. The Bertz CT molecular complexity index is 1080. The van der Waals surface area contributed by atoms with E-state index in [4.69, 9.17) is 0 Å². The van der Waals surface area contributed by atoms with E-state index in [2.05, 4.69) is 22.1 Å². The predicted octanol–water partition coefficient (Wildman–Crippen LogP) is 3.93. The highest BCUT2D eigenvalue weighted by atomic mass is 32.2. The van der Waals surface area contributed by atoms with Crippen LogP contribution in [0.4, 0.5) is 5.69 Å². The van der Waals surface area contributed by atoms with Crippen molar-refractivity contribution < 1.29 is 9.00 Å². The lowest BCUT2D eigenvalue weighted by atomic mass is 10.1. The number of benzene rings is 2. The second kappa shape index (κ2) is 8.47. The molecule has 0 bridgehead atoms. The molecule has 0 saturated heterocycles. The van der Waals surface area contributed by atoms with Gasteiger partial charge in [-0.15, -0.1) is 11.3 Å². The van der Waals surface area contributed by atoms with Crippen LogP contribution in [-0.4, -0.2) is 28.2 Å². The van der Waals surface area contributed by atoms with Gasteiger partial charge in [-0.25, -0.2) is 9.19 Å². The number of hydrogen-bond acceptors (Lipinski definition) is 5. The van der Waals surface area contributed by atoms with Gasteiger partial charge in [0.25, 0.3) is 5.91 Å². The average molecular weight is 426 g/mol. The lowest BCUT2D eigenvalue weighted by molar-refractivity contribution is 0.0954. The van der Waals surface area contributed by atoms with Crippen molar-refractivity contribution in [2.75, 3.05) is 18.0 Å². The smallest absolute Gasteiger partial charge is 0.251 e. The zero-order valence-electron chi connectivity index (χ0n) is 16.5. The number of carbonyl (C=O) groups is 1. The van der Waals surface area contributed by atoms with Gasteiger partial charge < -0.3 is 10.2 Å². The van der Waals surface area contributed by atoms with Gasteiger partial charge in [0.15, 0.2) is 0 Å². The Labute approximate surface area is 177 Å². The summed E-state index contributed by atoms with van der Waals surface area (Å²) in [6.45, 7) is 6.04. The molecule has 1 aliphatic heterocycles. The van der Waals surface area contributed by atoms with Crippen LogP contribution in [0, 0.1) is 6.92 Å². The Balaban J connectivity index is 1.55. The minimum atomic E-state index is -1.26. The summed E-state index contributed by atoms with van der Waals surface area (Å²) < 4.78 is 13.2. The molecule has 4 rings (SSSR count). The van der Waals surface area contributed by atoms with Gasteiger partial charge in [-0.05, 0) is 43.7 Å². The van der Waals surface area contributed by atoms with Gasteiger partial charge in [0.1, 0.15) is 0 Å². The summed E-state index contributed by atoms with van der Waals surface area (Å²) in [5, 5.41) is 6.03. The molecule has 1 N–H and O–H groups in total. The fraction of sp³-hybridized carbons (Fsp3) is 0.273. The zero-order valence-corrected chi connectivity index (χ0v) is 18.1. The average Bonchev–Trinajstić information content (AvgIpc) is 3.11. The maximum atomic E-state index is 13.2. The number of nitrogens with zero attached hydrogens (tertiary/aromatic N) is 2. The van der Waals surface area contributed by atoms with Crippen molar-refractivity contribution in [3.63, 3.8) is 0 Å². The number of thiazole rings is 1. The van der Waals surface area contributed by atoms with Crippen LogP contribution in [-0.2, 0) is 23.8 Å². The summed E-state index contributed by atoms with van der Waals surface area (Å²) in [7, 11) is -1.26. The van der Waals surface area contributed by atoms with Crippen molar-refractivity contribution in [2.24, 2.45) is 0 Å². The molecule has 1 amide bonds. The lowest BCUT2D eigenvalue weighted by Crippen LogP contribution is -2.27. The van der Waals surface area contributed by atoms with Crippen LogP contribution in [0.1, 0.15) is 33.5 Å². The molecule has 0 aliphatic carbocycles. The molecule has 1 aromatic heterocycles. The monoisotopic (exact) mass is 425 g/mol. The van der Waals surface area contributed by atoms with Gasteiger partial charge >= 0.3 is 0 Å². The fourth-order valence-corrected chi connectivity index (χ4v) is 5.52. The maximum Gasteiger partial charge on any atom is 0.251 e. The number of amides is 1. The summed E-state index contributed by atoms with van der Waals surface area (Å²) in [4.78, 5) is 20.9. The van der Waals surface area contributed by atoms with Crippen LogP contribution in [0.25, 0.3) is 0 Å². The number of anilines is 1. The molecule has 2 aromatic carbocycles. The molecule has 1 atom stereocenters. The van der Waals surface area contributed by atoms with E-state index in [0.29, 0.717) is 25.1 Å². The third-order valence-corrected chi connectivity index (χ3v) is 7.37. The first-order valence-corrected chi connectivity index (χ1v) is 11.7. The molecule has 1 aliphatic rings. The first-order valence-electron chi connectivity index (χ1n) is 9.64. The number of nitrogens with one attached hydrogen (secondary N) is 1. The number of rotatable bonds is 5. The standard InChI is InChI=1S/C22H23N3O2S2/c1-3-25-13-17-6-4-5-7-20(17)29(27)21-9-8-16(12-19(21)25)22(26)23-11-10-18-14-28-15(2)24-18/h4-9,12,14H,3,10-11,13H2,1-2H3,(H,23,26). The number of fused-ring (bicyclic) bond motifs is 2. The Kier molecular flexibility index (Phi) is 5.78. The van der Waals surface area contributed by atoms with Gasteiger partial charge in [0.2, 0.25) is 0 Å². The Morgan fingerprint density at radius 1 is 1.24 bits per heavy atom. The van der Waals surface area contributed by atoms with Gasteiger partial charge in [-0.2, -0.15) is 0 Å². The number of carbonyl (C=O) groups excluding carboxylic acids is 1. The molecule has 1 unspecified atom stereocenters. The highest BCUT2D eigenvalue weighted by Gasteiger charge is 2.24. The quantitative estimate of drug-likeness (QED) is 0.673. The van der Waals surface area contributed by atoms with Crippen LogP contribution < -0.4 is 10.2 Å². The Morgan fingerprint density at radius 3 is 2.83 bits per heavy atom. The zero-order chi connectivity index (χ0) is 20.4. The van der Waals surface area contributed by atoms with E-state index in [0.717, 1.165) is 38.3 Å². The van der Waals surface area contributed by atoms with Gasteiger partial charge in [0, 0.05) is 41.9 Å². The molecule has 0 fully saturated rings. The molecule has 29 heavy (non-hydrogen) atoms. The molecule has 2 heterocycles. The van der Waals surface area contributed by atoms with Crippen LogP contribution in [0.2, 0.25) is 0 Å². The second-order valence-electron chi connectivity index (χ2n) is 6.94. The van der Waals surface area contributed by atoms with Crippen molar-refractivity contribution in [1.82, 2.24) is 10.3 Å². The summed E-state index contributed by atoms with van der Waals surface area (Å²) in [6.07, 6.45) is 0.710. The van der Waals surface area contributed by atoms with Crippen LogP contribution in [0.5, 0.6) is 0 Å². The third kappa shape index (κ3) is 4.11. The van der Waals surface area contributed by atoms with Gasteiger partial charge in [-0.3, -0.25) is 4.79 Å². The Morgan fingerprint density at radius 2 is 2.07 bits per heavy atom. The first-order chi connectivity index (χ1) is 14.1. The van der Waals surface area contributed by atoms with Crippen molar-refractivity contribution in [3.8, 4) is 0 Å². The van der Waals surface area contributed by atoms with E-state index >= 15 is 0 Å². The van der Waals surface area contributed by atoms with Crippen LogP contribution in [0.15, 0.2) is 57.6 Å². The minimum absolute atomic E-state index is 0.122. The molecular weight excluding hydrogens is 402 g/mol. The molecular formula is C22H23N3O2S2. The van der Waals surface area contributed by atoms with E-state index in [1.165, 1.54) is 0 Å². The van der Waals surface area contributed by atoms with Gasteiger partial charge in [-0.1, -0.05) is 18.2 Å². The van der Waals surface area contributed by atoms with Crippen molar-refractivity contribution in [3.05, 3.63) is 69.7 Å². The summed E-state index contributed by atoms with van der Waals surface area (Å²) in [6, 6.07) is 13.3. The maximum absolute atomic E-state index is 13.2. The molecule has 3 aromatic rings. The minimum Gasteiger partial charge on any atom is -0.366 e. The topological polar surface area (TPSA) is 62.3 Å². The highest BCUT2D eigenvalue weighted by molar-refractivity contribution is 7.85. The molecule has 5 nitrogen and oxygen atoms in total. The predicted molar refractivity (Wildman–Crippen MR) is 117 cm³/mol. The summed E-state index contributed by atoms with van der Waals surface area (Å²) in [5.74, 6) is -0.122. The normalized spacial score (nSPS) is 15.4. The number of hydrogen-bond donors (Lipinski definition) is 1. The molecule has 7 heteroatoms. The van der Waals surface area contributed by atoms with E-state index in [1.807, 2.05) is 48.7 Å². The molecule has 0 radical (unpaired) electrons. The summed E-state index contributed by atoms with van der Waals surface area (Å²) in [5.41, 5.74) is 3.51. The van der Waals surface area contributed by atoms with E-state index in [-0.39, 0.29) is 5.91 Å². The largest absolute Gasteiger partial charge is 0.366 e. The van der Waals surface area contributed by atoms with E-state index < -0.39 is 10.8 Å². The SMILES string of the molecule is CCN1Cc2ccccc2S(=O)c2ccc(C(=O)NCCc3csc(C)n3)cc21. The molecule has 0 saturated carbocycles. The van der Waals surface area contributed by atoms with Crippen LogP contribution >= 0.6 is 11.3 Å². The molecule has 150 valence electrons. The number of aryl methyl sites for hydroxylation is 1. The fourth-order valence-electron chi connectivity index (χ4n) is 3.50. The van der Waals surface area contributed by atoms with Crippen molar-refractivity contribution in [2.45, 2.75) is 36.6 Å². The first kappa shape index (κ1) is 19.8. The van der Waals surface area contributed by atoms with E-state index in [1.54, 1.807) is 17.4 Å². The third-order valence-electron chi connectivity index (χ3n) is 5.01. The molecule has 0 spiro atoms.